The second kappa shape index (κ2) is 11.4. The topological polar surface area (TPSA) is 94.5 Å². The Hall–Kier alpha value is -3.08. The van der Waals surface area contributed by atoms with Crippen molar-refractivity contribution < 1.29 is 32.2 Å². The van der Waals surface area contributed by atoms with Crippen LogP contribution in [0.25, 0.3) is 0 Å². The van der Waals surface area contributed by atoms with Crippen LogP contribution >= 0.6 is 0 Å². The molecule has 2 rings (SSSR count). The van der Waals surface area contributed by atoms with E-state index in [1.165, 1.54) is 0 Å². The number of nitrogens with one attached hydrogen (secondary N) is 2. The van der Waals surface area contributed by atoms with Crippen LogP contribution in [0.3, 0.4) is 0 Å². The van der Waals surface area contributed by atoms with E-state index in [0.717, 1.165) is 16.8 Å². The third kappa shape index (κ3) is 9.42. The first-order chi connectivity index (χ1) is 15.7. The molecule has 0 aliphatic carbocycles. The maximum absolute atomic E-state index is 12.9. The lowest BCUT2D eigenvalue weighted by Crippen LogP contribution is -2.49. The Morgan fingerprint density at radius 3 is 2.26 bits per heavy atom. The van der Waals surface area contributed by atoms with Crippen LogP contribution in [-0.2, 0) is 40.9 Å². The second-order valence-electron chi connectivity index (χ2n) is 8.92. The molecule has 188 valence electrons. The van der Waals surface area contributed by atoms with E-state index in [1.54, 1.807) is 63.0 Å². The number of carbonyl (C=O) groups excluding carboxylic acids is 2. The fraction of sp³-hybridized carbons (Fsp3) is 0.522. The third-order valence-corrected chi connectivity index (χ3v) is 4.79. The minimum Gasteiger partial charge on any atom is -0.444 e. The fourth-order valence-electron chi connectivity index (χ4n) is 2.97. The van der Waals surface area contributed by atoms with Crippen molar-refractivity contribution in [3.8, 4) is 0 Å². The number of rotatable bonds is 9. The molecular weight excluding hydrogens is 453 g/mol. The molecule has 0 spiro atoms. The Morgan fingerprint density at radius 1 is 1.12 bits per heavy atom. The predicted octanol–water partition coefficient (Wildman–Crippen LogP) is 3.56. The van der Waals surface area contributed by atoms with Crippen LogP contribution in [0.4, 0.5) is 18.0 Å². The van der Waals surface area contributed by atoms with Gasteiger partial charge in [0.05, 0.1) is 12.8 Å². The van der Waals surface area contributed by atoms with Gasteiger partial charge in [-0.05, 0) is 44.4 Å². The van der Waals surface area contributed by atoms with Crippen molar-refractivity contribution in [2.75, 3.05) is 6.61 Å². The van der Waals surface area contributed by atoms with Crippen LogP contribution in [0.5, 0.6) is 0 Å². The van der Waals surface area contributed by atoms with Crippen molar-refractivity contribution in [1.29, 1.82) is 0 Å². The molecule has 2 amide bonds. The Bertz CT molecular complexity index is 966. The van der Waals surface area contributed by atoms with E-state index >= 15 is 0 Å². The number of hydrogen-bond donors (Lipinski definition) is 2. The number of carbonyl (C=O) groups is 2. The minimum atomic E-state index is -4.37. The number of nitrogens with zero attached hydrogens (tertiary/aromatic N) is 2. The summed E-state index contributed by atoms with van der Waals surface area (Å²) in [5.74, 6) is -0.410. The molecule has 0 saturated heterocycles. The fourth-order valence-corrected chi connectivity index (χ4v) is 2.97. The molecule has 0 radical (unpaired) electrons. The standard InChI is InChI=1S/C23H31F3N4O4/c1-15-18(12-28-30(15)5)10-19(29-21(32)34-22(2,3)4)20(31)27-11-16-6-8-17(9-7-16)13-33-14-23(24,25)26/h6-9,12,19H,10-11,13-14H2,1-5H3,(H,27,31)(H,29,32). The molecular formula is C23H31F3N4O4. The Labute approximate surface area is 196 Å². The van der Waals surface area contributed by atoms with Crippen LogP contribution in [0.2, 0.25) is 0 Å². The molecule has 0 aliphatic heterocycles. The summed E-state index contributed by atoms with van der Waals surface area (Å²) in [6.07, 6.45) is -3.22. The van der Waals surface area contributed by atoms with Crippen molar-refractivity contribution in [3.63, 3.8) is 0 Å². The van der Waals surface area contributed by atoms with E-state index in [9.17, 15) is 22.8 Å². The minimum absolute atomic E-state index is 0.168. The zero-order chi connectivity index (χ0) is 25.5. The number of aromatic nitrogens is 2. The molecule has 2 aromatic rings. The second-order valence-corrected chi connectivity index (χ2v) is 8.92. The number of alkyl halides is 3. The van der Waals surface area contributed by atoms with Gasteiger partial charge in [0, 0.05) is 25.7 Å². The van der Waals surface area contributed by atoms with Crippen LogP contribution in [0.15, 0.2) is 30.5 Å². The molecule has 34 heavy (non-hydrogen) atoms. The van der Waals surface area contributed by atoms with E-state index in [4.69, 9.17) is 4.74 Å². The Balaban J connectivity index is 1.99. The number of hydrogen-bond acceptors (Lipinski definition) is 5. The van der Waals surface area contributed by atoms with Gasteiger partial charge in [0.25, 0.3) is 0 Å². The Kier molecular flexibility index (Phi) is 9.08. The van der Waals surface area contributed by atoms with Crippen molar-refractivity contribution in [2.24, 2.45) is 7.05 Å². The van der Waals surface area contributed by atoms with E-state index in [1.807, 2.05) is 6.92 Å². The lowest BCUT2D eigenvalue weighted by Gasteiger charge is -2.23. The molecule has 0 aliphatic rings. The third-order valence-electron chi connectivity index (χ3n) is 4.79. The smallest absolute Gasteiger partial charge is 0.411 e. The first-order valence-corrected chi connectivity index (χ1v) is 10.7. The highest BCUT2D eigenvalue weighted by Gasteiger charge is 2.27. The van der Waals surface area contributed by atoms with Gasteiger partial charge >= 0.3 is 12.3 Å². The van der Waals surface area contributed by atoms with Gasteiger partial charge in [-0.1, -0.05) is 24.3 Å². The van der Waals surface area contributed by atoms with Gasteiger partial charge in [-0.3, -0.25) is 9.48 Å². The summed E-state index contributed by atoms with van der Waals surface area (Å²) in [6, 6.07) is 5.75. The molecule has 0 fully saturated rings. The quantitative estimate of drug-likeness (QED) is 0.568. The molecule has 1 atom stereocenters. The number of halogens is 3. The molecule has 1 aromatic carbocycles. The zero-order valence-electron chi connectivity index (χ0n) is 20.0. The molecule has 1 heterocycles. The van der Waals surface area contributed by atoms with Crippen LogP contribution < -0.4 is 10.6 Å². The van der Waals surface area contributed by atoms with E-state index in [2.05, 4.69) is 20.5 Å². The first-order valence-electron chi connectivity index (χ1n) is 10.7. The summed E-state index contributed by atoms with van der Waals surface area (Å²) in [6.45, 7) is 5.73. The van der Waals surface area contributed by atoms with Gasteiger partial charge in [-0.15, -0.1) is 0 Å². The number of aryl methyl sites for hydroxylation is 1. The van der Waals surface area contributed by atoms with Crippen LogP contribution in [0.1, 0.15) is 43.2 Å². The van der Waals surface area contributed by atoms with Gasteiger partial charge in [-0.2, -0.15) is 18.3 Å². The lowest BCUT2D eigenvalue weighted by molar-refractivity contribution is -0.176. The molecule has 0 bridgehead atoms. The van der Waals surface area contributed by atoms with Crippen LogP contribution in [0, 0.1) is 6.92 Å². The number of alkyl carbamates (subject to hydrolysis) is 1. The largest absolute Gasteiger partial charge is 0.444 e. The summed E-state index contributed by atoms with van der Waals surface area (Å²) in [4.78, 5) is 25.2. The molecule has 1 aromatic heterocycles. The summed E-state index contributed by atoms with van der Waals surface area (Å²) in [5.41, 5.74) is 2.27. The number of ether oxygens (including phenoxy) is 2. The lowest BCUT2D eigenvalue weighted by atomic mass is 10.1. The van der Waals surface area contributed by atoms with Gasteiger partial charge in [-0.25, -0.2) is 4.79 Å². The van der Waals surface area contributed by atoms with Crippen molar-refractivity contribution in [1.82, 2.24) is 20.4 Å². The van der Waals surface area contributed by atoms with Gasteiger partial charge in [0.1, 0.15) is 18.2 Å². The molecule has 8 nitrogen and oxygen atoms in total. The number of amides is 2. The van der Waals surface area contributed by atoms with E-state index < -0.39 is 36.4 Å². The first kappa shape index (κ1) is 27.2. The summed E-state index contributed by atoms with van der Waals surface area (Å²) in [5, 5.41) is 9.57. The molecule has 2 N–H and O–H groups in total. The van der Waals surface area contributed by atoms with Gasteiger partial charge in [0.15, 0.2) is 0 Å². The maximum atomic E-state index is 12.9. The Morgan fingerprint density at radius 2 is 1.74 bits per heavy atom. The highest BCUT2D eigenvalue weighted by molar-refractivity contribution is 5.86. The molecule has 0 saturated carbocycles. The predicted molar refractivity (Wildman–Crippen MR) is 119 cm³/mol. The summed E-state index contributed by atoms with van der Waals surface area (Å²) >= 11 is 0. The SMILES string of the molecule is Cc1c(CC(NC(=O)OC(C)(C)C)C(=O)NCc2ccc(COCC(F)(F)F)cc2)cnn1C. The average molecular weight is 485 g/mol. The van der Waals surface area contributed by atoms with E-state index in [0.29, 0.717) is 5.56 Å². The van der Waals surface area contributed by atoms with Crippen molar-refractivity contribution in [3.05, 3.63) is 52.8 Å². The average Bonchev–Trinajstić information content (AvgIpc) is 3.02. The normalized spacial score (nSPS) is 12.8. The summed E-state index contributed by atoms with van der Waals surface area (Å²) < 4.78 is 48.1. The van der Waals surface area contributed by atoms with Gasteiger partial charge in [0.2, 0.25) is 5.91 Å². The van der Waals surface area contributed by atoms with Crippen molar-refractivity contribution in [2.45, 2.75) is 65.1 Å². The summed E-state index contributed by atoms with van der Waals surface area (Å²) in [7, 11) is 1.78. The molecule has 11 heteroatoms. The zero-order valence-corrected chi connectivity index (χ0v) is 20.0. The number of benzene rings is 1. The van der Waals surface area contributed by atoms with E-state index in [-0.39, 0.29) is 19.6 Å². The highest BCUT2D eigenvalue weighted by Crippen LogP contribution is 2.16. The molecule has 1 unspecified atom stereocenters. The monoisotopic (exact) mass is 484 g/mol. The highest BCUT2D eigenvalue weighted by atomic mass is 19.4. The van der Waals surface area contributed by atoms with Crippen LogP contribution in [-0.4, -0.2) is 46.2 Å². The van der Waals surface area contributed by atoms with Crippen molar-refractivity contribution >= 4 is 12.0 Å². The van der Waals surface area contributed by atoms with Gasteiger partial charge < -0.3 is 20.1 Å². The maximum Gasteiger partial charge on any atom is 0.411 e.